The van der Waals surface area contributed by atoms with Gasteiger partial charge in [-0.25, -0.2) is 14.5 Å². The summed E-state index contributed by atoms with van der Waals surface area (Å²) < 4.78 is 6.97. The number of ether oxygens (including phenoxy) is 1. The van der Waals surface area contributed by atoms with Crippen LogP contribution in [-0.2, 0) is 11.3 Å². The molecule has 0 spiro atoms. The number of hydrogen-bond acceptors (Lipinski definition) is 6. The average Bonchev–Trinajstić information content (AvgIpc) is 3.11. The molecule has 7 heteroatoms. The fraction of sp³-hybridized carbons (Fsp3) is 0.143. The Hall–Kier alpha value is -3.74. The zero-order chi connectivity index (χ0) is 19.5. The molecule has 0 fully saturated rings. The summed E-state index contributed by atoms with van der Waals surface area (Å²) in [6, 6.07) is 12.2. The van der Waals surface area contributed by atoms with E-state index >= 15 is 0 Å². The number of fused-ring (bicyclic) bond motifs is 1. The molecular formula is C21H18N4O3. The van der Waals surface area contributed by atoms with Crippen molar-refractivity contribution in [3.05, 3.63) is 72.2 Å². The molecule has 0 aliphatic heterocycles. The quantitative estimate of drug-likeness (QED) is 0.538. The number of hydrogen-bond donors (Lipinski definition) is 1. The van der Waals surface area contributed by atoms with E-state index in [1.807, 2.05) is 12.1 Å². The Morgan fingerprint density at radius 1 is 1.14 bits per heavy atom. The van der Waals surface area contributed by atoms with E-state index in [9.17, 15) is 9.90 Å². The van der Waals surface area contributed by atoms with Crippen LogP contribution in [0, 0.1) is 0 Å². The fourth-order valence-electron chi connectivity index (χ4n) is 2.98. The highest BCUT2D eigenvalue weighted by molar-refractivity contribution is 6.03. The van der Waals surface area contributed by atoms with Crippen LogP contribution < -0.4 is 0 Å². The van der Waals surface area contributed by atoms with Gasteiger partial charge in [-0.15, -0.1) is 0 Å². The lowest BCUT2D eigenvalue weighted by Crippen LogP contribution is -2.08. The molecule has 0 unspecified atom stereocenters. The number of nitrogens with zero attached hydrogens (tertiary/aromatic N) is 4. The lowest BCUT2D eigenvalue weighted by molar-refractivity contribution is 0.0528. The molecule has 0 aliphatic rings. The van der Waals surface area contributed by atoms with E-state index in [1.165, 1.54) is 0 Å². The van der Waals surface area contributed by atoms with Crippen molar-refractivity contribution in [3.63, 3.8) is 0 Å². The first-order valence-electron chi connectivity index (χ1n) is 8.87. The zero-order valence-corrected chi connectivity index (χ0v) is 15.2. The lowest BCUT2D eigenvalue weighted by Gasteiger charge is -2.09. The minimum Gasteiger partial charge on any atom is -0.508 e. The van der Waals surface area contributed by atoms with E-state index < -0.39 is 5.97 Å². The number of carbonyl (C=O) groups is 1. The Labute approximate surface area is 161 Å². The van der Waals surface area contributed by atoms with Crippen molar-refractivity contribution in [2.24, 2.45) is 0 Å². The lowest BCUT2D eigenvalue weighted by atomic mass is 10.1. The maximum absolute atomic E-state index is 12.5. The van der Waals surface area contributed by atoms with Crippen molar-refractivity contribution in [1.82, 2.24) is 19.7 Å². The Bertz CT molecular complexity index is 1120. The molecule has 0 saturated carbocycles. The van der Waals surface area contributed by atoms with Crippen molar-refractivity contribution in [2.75, 3.05) is 6.61 Å². The average molecular weight is 374 g/mol. The van der Waals surface area contributed by atoms with E-state index in [4.69, 9.17) is 9.72 Å². The second kappa shape index (κ2) is 7.48. The smallest absolute Gasteiger partial charge is 0.339 e. The molecule has 3 heterocycles. The second-order valence-electron chi connectivity index (χ2n) is 6.22. The Balaban J connectivity index is 1.86. The number of phenols is 1. The van der Waals surface area contributed by atoms with Crippen LogP contribution >= 0.6 is 0 Å². The van der Waals surface area contributed by atoms with Gasteiger partial charge in [0.15, 0.2) is 5.65 Å². The van der Waals surface area contributed by atoms with Crippen LogP contribution in [0.15, 0.2) is 61.1 Å². The molecule has 28 heavy (non-hydrogen) atoms. The third kappa shape index (κ3) is 3.42. The van der Waals surface area contributed by atoms with Crippen molar-refractivity contribution in [1.29, 1.82) is 0 Å². The van der Waals surface area contributed by atoms with E-state index in [-0.39, 0.29) is 12.4 Å². The van der Waals surface area contributed by atoms with Gasteiger partial charge in [0.1, 0.15) is 5.75 Å². The van der Waals surface area contributed by atoms with Gasteiger partial charge in [0.2, 0.25) is 0 Å². The molecular weight excluding hydrogens is 356 g/mol. The number of phenolic OH excluding ortho intramolecular Hbond substituents is 1. The van der Waals surface area contributed by atoms with Crippen molar-refractivity contribution < 1.29 is 14.6 Å². The Morgan fingerprint density at radius 2 is 1.89 bits per heavy atom. The van der Waals surface area contributed by atoms with E-state index in [0.29, 0.717) is 28.8 Å². The van der Waals surface area contributed by atoms with Crippen LogP contribution in [0.25, 0.3) is 22.3 Å². The van der Waals surface area contributed by atoms with Gasteiger partial charge in [-0.05, 0) is 55.0 Å². The monoisotopic (exact) mass is 374 g/mol. The number of aromatic hydroxyl groups is 1. The summed E-state index contributed by atoms with van der Waals surface area (Å²) in [5.41, 5.74) is 3.41. The number of pyridine rings is 2. The molecule has 3 aromatic heterocycles. The van der Waals surface area contributed by atoms with Crippen molar-refractivity contribution >= 4 is 17.0 Å². The van der Waals surface area contributed by atoms with Crippen molar-refractivity contribution in [2.45, 2.75) is 13.5 Å². The van der Waals surface area contributed by atoms with E-state index in [2.05, 4.69) is 10.1 Å². The van der Waals surface area contributed by atoms with Crippen LogP contribution in [0.2, 0.25) is 0 Å². The summed E-state index contributed by atoms with van der Waals surface area (Å²) in [6.07, 6.45) is 5.08. The molecule has 0 amide bonds. The van der Waals surface area contributed by atoms with Gasteiger partial charge in [-0.2, -0.15) is 5.10 Å². The van der Waals surface area contributed by atoms with Crippen LogP contribution in [0.1, 0.15) is 22.8 Å². The molecule has 1 N–H and O–H groups in total. The normalized spacial score (nSPS) is 10.9. The standard InChI is InChI=1S/C21H18N4O3/c1-2-28-21(27)17-11-19(15-3-5-16(26)6-4-15)24-20-18(17)12-23-25(20)13-14-7-9-22-10-8-14/h3-12,26H,2,13H2,1H3. The molecule has 140 valence electrons. The summed E-state index contributed by atoms with van der Waals surface area (Å²) in [4.78, 5) is 21.3. The maximum atomic E-state index is 12.5. The SMILES string of the molecule is CCOC(=O)c1cc(-c2ccc(O)cc2)nc2c1cnn2Cc1ccncc1. The molecule has 0 atom stereocenters. The van der Waals surface area contributed by atoms with Gasteiger partial charge < -0.3 is 9.84 Å². The predicted molar refractivity (Wildman–Crippen MR) is 104 cm³/mol. The van der Waals surface area contributed by atoms with Gasteiger partial charge >= 0.3 is 5.97 Å². The Morgan fingerprint density at radius 3 is 2.61 bits per heavy atom. The molecule has 0 saturated heterocycles. The highest BCUT2D eigenvalue weighted by Gasteiger charge is 2.18. The Kier molecular flexibility index (Phi) is 4.72. The molecule has 0 radical (unpaired) electrons. The summed E-state index contributed by atoms with van der Waals surface area (Å²) in [5, 5.41) is 14.6. The van der Waals surface area contributed by atoms with Gasteiger partial charge in [0.25, 0.3) is 0 Å². The molecule has 7 nitrogen and oxygen atoms in total. The fourth-order valence-corrected chi connectivity index (χ4v) is 2.98. The summed E-state index contributed by atoms with van der Waals surface area (Å²) in [7, 11) is 0. The molecule has 4 rings (SSSR count). The summed E-state index contributed by atoms with van der Waals surface area (Å²) >= 11 is 0. The number of aromatic nitrogens is 4. The first-order valence-corrected chi connectivity index (χ1v) is 8.87. The van der Waals surface area contributed by atoms with Gasteiger partial charge in [-0.1, -0.05) is 0 Å². The topological polar surface area (TPSA) is 90.1 Å². The minimum absolute atomic E-state index is 0.165. The molecule has 1 aromatic carbocycles. The summed E-state index contributed by atoms with van der Waals surface area (Å²) in [6.45, 7) is 2.55. The van der Waals surface area contributed by atoms with Crippen LogP contribution in [0.3, 0.4) is 0 Å². The first-order chi connectivity index (χ1) is 13.7. The van der Waals surface area contributed by atoms with Crippen LogP contribution in [0.5, 0.6) is 5.75 Å². The highest BCUT2D eigenvalue weighted by atomic mass is 16.5. The second-order valence-corrected chi connectivity index (χ2v) is 6.22. The van der Waals surface area contributed by atoms with Crippen molar-refractivity contribution in [3.8, 4) is 17.0 Å². The molecule has 0 bridgehead atoms. The third-order valence-electron chi connectivity index (χ3n) is 4.35. The maximum Gasteiger partial charge on any atom is 0.339 e. The van der Waals surface area contributed by atoms with Gasteiger partial charge in [0, 0.05) is 18.0 Å². The minimum atomic E-state index is -0.418. The van der Waals surface area contributed by atoms with Gasteiger partial charge in [-0.3, -0.25) is 4.98 Å². The van der Waals surface area contributed by atoms with Crippen LogP contribution in [-0.4, -0.2) is 37.4 Å². The highest BCUT2D eigenvalue weighted by Crippen LogP contribution is 2.27. The zero-order valence-electron chi connectivity index (χ0n) is 15.2. The van der Waals surface area contributed by atoms with Crippen LogP contribution in [0.4, 0.5) is 0 Å². The largest absolute Gasteiger partial charge is 0.508 e. The number of rotatable bonds is 5. The van der Waals surface area contributed by atoms with E-state index in [1.54, 1.807) is 60.5 Å². The number of carbonyl (C=O) groups excluding carboxylic acids is 1. The predicted octanol–water partition coefficient (Wildman–Crippen LogP) is 3.42. The molecule has 0 aliphatic carbocycles. The van der Waals surface area contributed by atoms with E-state index in [0.717, 1.165) is 11.1 Å². The number of esters is 1. The first kappa shape index (κ1) is 17.7. The molecule has 4 aromatic rings. The van der Waals surface area contributed by atoms with Gasteiger partial charge in [0.05, 0.1) is 36.0 Å². The third-order valence-corrected chi connectivity index (χ3v) is 4.35. The number of benzene rings is 1. The summed E-state index contributed by atoms with van der Waals surface area (Å²) in [5.74, 6) is -0.253.